The highest BCUT2D eigenvalue weighted by Gasteiger charge is 2.35. The number of halogens is 1. The molecule has 0 radical (unpaired) electrons. The molecule has 2 aliphatic rings. The molecule has 1 aromatic carbocycles. The summed E-state index contributed by atoms with van der Waals surface area (Å²) < 4.78 is 2.12. The fraction of sp³-hybridized carbons (Fsp3) is 0.333. The average Bonchev–Trinajstić information content (AvgIpc) is 3.27. The first-order valence-electron chi connectivity index (χ1n) is 10.7. The minimum atomic E-state index is -0.400. The number of carbonyl (C=O) groups is 1. The molecule has 0 unspecified atom stereocenters. The molecule has 0 bridgehead atoms. The molecule has 32 heavy (non-hydrogen) atoms. The van der Waals surface area contributed by atoms with Crippen molar-refractivity contribution in [2.75, 3.05) is 0 Å². The van der Waals surface area contributed by atoms with Crippen LogP contribution in [0.2, 0.25) is 5.02 Å². The van der Waals surface area contributed by atoms with Crippen molar-refractivity contribution in [3.05, 3.63) is 57.4 Å². The number of thioether (sulfide) groups is 1. The second-order valence-electron chi connectivity index (χ2n) is 8.06. The number of carbonyl (C=O) groups excluding carboxylic acids is 1. The Kier molecular flexibility index (Phi) is 6.40. The lowest BCUT2D eigenvalue weighted by Gasteiger charge is -2.20. The first kappa shape index (κ1) is 22.6. The largest absolute Gasteiger partial charge is 0.318 e. The zero-order chi connectivity index (χ0) is 23.0. The van der Waals surface area contributed by atoms with Gasteiger partial charge in [-0.25, -0.2) is 0 Å². The van der Waals surface area contributed by atoms with Gasteiger partial charge < -0.3 is 4.57 Å². The van der Waals surface area contributed by atoms with Gasteiger partial charge in [0.25, 0.3) is 5.91 Å². The van der Waals surface area contributed by atoms with Crippen LogP contribution in [0.5, 0.6) is 0 Å². The Hall–Kier alpha value is -2.64. The van der Waals surface area contributed by atoms with E-state index in [-0.39, 0.29) is 11.4 Å². The van der Waals surface area contributed by atoms with E-state index >= 15 is 0 Å². The van der Waals surface area contributed by atoms with E-state index in [0.717, 1.165) is 58.9 Å². The van der Waals surface area contributed by atoms with E-state index in [1.807, 2.05) is 45.0 Å². The van der Waals surface area contributed by atoms with E-state index in [4.69, 9.17) is 17.0 Å². The first-order chi connectivity index (χ1) is 15.3. The molecule has 2 aromatic rings. The molecule has 0 saturated carbocycles. The summed E-state index contributed by atoms with van der Waals surface area (Å²) in [6, 6.07) is 7.82. The predicted octanol–water partition coefficient (Wildman–Crippen LogP) is 6.26. The van der Waals surface area contributed by atoms with Gasteiger partial charge in [0.15, 0.2) is 5.84 Å². The van der Waals surface area contributed by atoms with Crippen molar-refractivity contribution in [1.82, 2.24) is 9.58 Å². The van der Waals surface area contributed by atoms with E-state index in [1.165, 1.54) is 16.8 Å². The fourth-order valence-electron chi connectivity index (χ4n) is 3.94. The molecule has 0 saturated heterocycles. The number of fused-ring (bicyclic) bond motifs is 1. The van der Waals surface area contributed by atoms with Crippen LogP contribution < -0.4 is 0 Å². The molecule has 1 amide bonds. The van der Waals surface area contributed by atoms with Gasteiger partial charge in [0.2, 0.25) is 5.17 Å². The number of hydrazone groups is 1. The quantitative estimate of drug-likeness (QED) is 0.402. The molecule has 0 atom stereocenters. The van der Waals surface area contributed by atoms with Crippen molar-refractivity contribution in [3.63, 3.8) is 0 Å². The molecule has 166 valence electrons. The molecular weight excluding hydrogens is 442 g/mol. The van der Waals surface area contributed by atoms with Gasteiger partial charge in [-0.15, -0.1) is 0 Å². The second kappa shape index (κ2) is 9.08. The smallest absolute Gasteiger partial charge is 0.283 e. The number of benzene rings is 1. The zero-order valence-electron chi connectivity index (χ0n) is 18.7. The van der Waals surface area contributed by atoms with Crippen molar-refractivity contribution in [2.24, 2.45) is 10.1 Å². The number of hydrogen-bond acceptors (Lipinski definition) is 4. The Morgan fingerprint density at radius 3 is 2.72 bits per heavy atom. The van der Waals surface area contributed by atoms with Crippen molar-refractivity contribution < 1.29 is 4.79 Å². The molecule has 1 aromatic heterocycles. The number of aromatic nitrogens is 1. The molecule has 0 spiro atoms. The number of nitrogens with zero attached hydrogens (tertiary/aromatic N) is 4. The number of unbranched alkanes of at least 4 members (excludes halogenated alkanes) is 2. The molecule has 1 N–H and O–H groups in total. The van der Waals surface area contributed by atoms with E-state index < -0.39 is 5.91 Å². The second-order valence-corrected chi connectivity index (χ2v) is 9.54. The van der Waals surface area contributed by atoms with Gasteiger partial charge in [-0.1, -0.05) is 37.4 Å². The van der Waals surface area contributed by atoms with Crippen molar-refractivity contribution in [3.8, 4) is 5.69 Å². The van der Waals surface area contributed by atoms with E-state index in [1.54, 1.807) is 6.08 Å². The van der Waals surface area contributed by atoms with Crippen molar-refractivity contribution >= 4 is 51.4 Å². The number of amidine groups is 2. The highest BCUT2D eigenvalue weighted by Crippen LogP contribution is 2.32. The van der Waals surface area contributed by atoms with Crippen LogP contribution in [0.4, 0.5) is 0 Å². The Morgan fingerprint density at radius 1 is 1.19 bits per heavy atom. The third-order valence-corrected chi connectivity index (χ3v) is 6.88. The van der Waals surface area contributed by atoms with Crippen molar-refractivity contribution in [1.29, 1.82) is 5.41 Å². The molecule has 0 aliphatic carbocycles. The Morgan fingerprint density at radius 2 is 1.97 bits per heavy atom. The van der Waals surface area contributed by atoms with Crippen LogP contribution in [0.15, 0.2) is 39.9 Å². The van der Waals surface area contributed by atoms with E-state index in [0.29, 0.717) is 10.2 Å². The lowest BCUT2D eigenvalue weighted by molar-refractivity contribution is -0.114. The molecule has 0 fully saturated rings. The Balaban J connectivity index is 1.67. The van der Waals surface area contributed by atoms with Gasteiger partial charge in [-0.3, -0.25) is 10.2 Å². The van der Waals surface area contributed by atoms with Gasteiger partial charge in [-0.2, -0.15) is 15.1 Å². The number of aliphatic imine (C=N–C) groups is 1. The van der Waals surface area contributed by atoms with Crippen LogP contribution in [-0.2, 0) is 4.79 Å². The van der Waals surface area contributed by atoms with E-state index in [2.05, 4.69) is 21.6 Å². The molecule has 2 aliphatic heterocycles. The molecular formula is C24H26ClN5OS. The molecule has 3 heterocycles. The standard InChI is InChI=1S/C24H26ClN5OS/c1-5-6-7-8-21-28-30-22(26)19(23(31)27-24(30)32-21)12-17-11-15(3)29(16(17)4)20-13-18(25)10-9-14(20)2/h9-13,26H,5-8H2,1-4H3/b19-12+,26-22?. The van der Waals surface area contributed by atoms with E-state index in [9.17, 15) is 4.79 Å². The SMILES string of the molecule is CCCCCC1=NN2C(=N)/C(=C\c3cc(C)n(-c4cc(Cl)ccc4C)c3C)C(=O)N=C2S1. The summed E-state index contributed by atoms with van der Waals surface area (Å²) in [5.41, 5.74) is 5.20. The average molecular weight is 468 g/mol. The van der Waals surface area contributed by atoms with Gasteiger partial charge in [0, 0.05) is 22.1 Å². The summed E-state index contributed by atoms with van der Waals surface area (Å²) in [6.45, 7) is 8.22. The predicted molar refractivity (Wildman–Crippen MR) is 134 cm³/mol. The maximum absolute atomic E-state index is 12.8. The van der Waals surface area contributed by atoms with Crippen LogP contribution in [0.3, 0.4) is 0 Å². The number of hydrogen-bond donors (Lipinski definition) is 1. The third kappa shape index (κ3) is 4.19. The topological polar surface area (TPSA) is 73.8 Å². The normalized spacial score (nSPS) is 17.2. The number of aryl methyl sites for hydroxylation is 2. The van der Waals surface area contributed by atoms with Crippen LogP contribution in [-0.4, -0.2) is 31.5 Å². The number of nitrogens with one attached hydrogen (secondary N) is 1. The summed E-state index contributed by atoms with van der Waals surface area (Å²) in [7, 11) is 0. The summed E-state index contributed by atoms with van der Waals surface area (Å²) in [5, 5.41) is 16.7. The summed E-state index contributed by atoms with van der Waals surface area (Å²) in [4.78, 5) is 17.0. The minimum absolute atomic E-state index is 0.0710. The first-order valence-corrected chi connectivity index (χ1v) is 11.9. The van der Waals surface area contributed by atoms with Crippen LogP contribution in [0, 0.1) is 26.2 Å². The molecule has 4 rings (SSSR count). The zero-order valence-corrected chi connectivity index (χ0v) is 20.3. The van der Waals surface area contributed by atoms with Gasteiger partial charge >= 0.3 is 0 Å². The van der Waals surface area contributed by atoms with Gasteiger partial charge in [-0.05, 0) is 80.8 Å². The highest BCUT2D eigenvalue weighted by atomic mass is 35.5. The summed E-state index contributed by atoms with van der Waals surface area (Å²) >= 11 is 7.63. The van der Waals surface area contributed by atoms with Crippen LogP contribution in [0.25, 0.3) is 11.8 Å². The lowest BCUT2D eigenvalue weighted by Crippen LogP contribution is -2.35. The maximum atomic E-state index is 12.8. The minimum Gasteiger partial charge on any atom is -0.318 e. The Labute approximate surface area is 197 Å². The van der Waals surface area contributed by atoms with Gasteiger partial charge in [0.1, 0.15) is 5.04 Å². The molecule has 8 heteroatoms. The summed E-state index contributed by atoms with van der Waals surface area (Å²) in [5.74, 6) is -0.329. The highest BCUT2D eigenvalue weighted by molar-refractivity contribution is 8.26. The van der Waals surface area contributed by atoms with Crippen LogP contribution >= 0.6 is 23.4 Å². The Bertz CT molecular complexity index is 1210. The maximum Gasteiger partial charge on any atom is 0.283 e. The summed E-state index contributed by atoms with van der Waals surface area (Å²) in [6.07, 6.45) is 5.90. The molecule has 6 nitrogen and oxygen atoms in total. The van der Waals surface area contributed by atoms with Gasteiger partial charge in [0.05, 0.1) is 5.57 Å². The third-order valence-electron chi connectivity index (χ3n) is 5.67. The monoisotopic (exact) mass is 467 g/mol. The fourth-order valence-corrected chi connectivity index (χ4v) is 5.04. The lowest BCUT2D eigenvalue weighted by atomic mass is 10.1. The number of amides is 1. The van der Waals surface area contributed by atoms with Crippen molar-refractivity contribution in [2.45, 2.75) is 53.4 Å². The van der Waals surface area contributed by atoms with Crippen LogP contribution in [0.1, 0.15) is 55.1 Å². The number of rotatable bonds is 6.